The van der Waals surface area contributed by atoms with Crippen molar-refractivity contribution in [3.8, 4) is 0 Å². The molecule has 0 aliphatic carbocycles. The summed E-state index contributed by atoms with van der Waals surface area (Å²) in [4.78, 5) is 4.45. The van der Waals surface area contributed by atoms with E-state index in [0.717, 1.165) is 6.54 Å². The van der Waals surface area contributed by atoms with E-state index in [-0.39, 0.29) is 0 Å². The van der Waals surface area contributed by atoms with Crippen molar-refractivity contribution in [3.63, 3.8) is 0 Å². The lowest BCUT2D eigenvalue weighted by Gasteiger charge is -2.25. The van der Waals surface area contributed by atoms with E-state index in [0.29, 0.717) is 12.1 Å². The van der Waals surface area contributed by atoms with Crippen LogP contribution in [0.15, 0.2) is 37.4 Å². The van der Waals surface area contributed by atoms with Crippen molar-refractivity contribution in [2.45, 2.75) is 239 Å². The van der Waals surface area contributed by atoms with Gasteiger partial charge in [-0.3, -0.25) is 4.57 Å². The quantitative estimate of drug-likeness (QED) is 0.0525. The fourth-order valence-electron chi connectivity index (χ4n) is 7.85. The van der Waals surface area contributed by atoms with Crippen LogP contribution in [0.5, 0.6) is 0 Å². The van der Waals surface area contributed by atoms with Crippen LogP contribution in [0.2, 0.25) is 0 Å². The molecular formula is C44H83N4+. The largest absolute Gasteiger partial charge is 0.297 e. The highest BCUT2D eigenvalue weighted by molar-refractivity contribution is 4.88. The number of nitrogens with zero attached hydrogens (tertiary/aromatic N) is 4. The molecule has 2 unspecified atom stereocenters. The predicted octanol–water partition coefficient (Wildman–Crippen LogP) is 14.2. The summed E-state index contributed by atoms with van der Waals surface area (Å²) >= 11 is 0. The Hall–Kier alpha value is -1.58. The molecule has 4 nitrogen and oxygen atoms in total. The zero-order valence-electron chi connectivity index (χ0n) is 32.7. The minimum Gasteiger partial charge on any atom is -0.297 e. The van der Waals surface area contributed by atoms with Crippen LogP contribution in [-0.4, -0.2) is 14.1 Å². The standard InChI is InChI=1S/C44H83N4/c1-4-7-9-11-13-15-17-19-20-21-23-25-27-29-31-33-37-46-39-40-48(42-46)44(47-38-36-45-41-47)43(34-6-3)35-32-30-28-26-24-22-18-16-14-12-10-8-5-2/h36,38-44H,4-35,37H2,1-3H3/q+1. The summed E-state index contributed by atoms with van der Waals surface area (Å²) in [5.74, 6) is 0.647. The number of aryl methyl sites for hydroxylation is 1. The zero-order valence-corrected chi connectivity index (χ0v) is 32.7. The van der Waals surface area contributed by atoms with Gasteiger partial charge in [-0.15, -0.1) is 0 Å². The molecule has 0 saturated carbocycles. The molecule has 0 spiro atoms. The van der Waals surface area contributed by atoms with Gasteiger partial charge in [0.05, 0.1) is 12.9 Å². The van der Waals surface area contributed by atoms with Gasteiger partial charge in [0.15, 0.2) is 6.17 Å². The van der Waals surface area contributed by atoms with E-state index in [9.17, 15) is 0 Å². The monoisotopic (exact) mass is 668 g/mol. The molecule has 0 N–H and O–H groups in total. The van der Waals surface area contributed by atoms with E-state index in [1.165, 1.54) is 205 Å². The van der Waals surface area contributed by atoms with E-state index in [1.54, 1.807) is 0 Å². The fourth-order valence-corrected chi connectivity index (χ4v) is 7.85. The maximum Gasteiger partial charge on any atom is 0.245 e. The molecule has 2 aromatic rings. The van der Waals surface area contributed by atoms with Gasteiger partial charge >= 0.3 is 0 Å². The van der Waals surface area contributed by atoms with Crippen molar-refractivity contribution >= 4 is 0 Å². The second-order valence-corrected chi connectivity index (χ2v) is 15.4. The smallest absolute Gasteiger partial charge is 0.245 e. The van der Waals surface area contributed by atoms with E-state index >= 15 is 0 Å². The molecule has 278 valence electrons. The topological polar surface area (TPSA) is 26.6 Å². The number of unbranched alkanes of at least 4 members (excludes halogenated alkanes) is 27. The summed E-state index contributed by atoms with van der Waals surface area (Å²) < 4.78 is 7.28. The Morgan fingerprint density at radius 1 is 0.458 bits per heavy atom. The van der Waals surface area contributed by atoms with Gasteiger partial charge in [-0.05, 0) is 25.7 Å². The Labute approximate surface area is 300 Å². The summed E-state index contributed by atoms with van der Waals surface area (Å²) in [7, 11) is 0. The van der Waals surface area contributed by atoms with E-state index in [1.807, 2.05) is 12.5 Å². The first-order valence-electron chi connectivity index (χ1n) is 21.8. The molecule has 2 heterocycles. The molecule has 0 aliphatic rings. The highest BCUT2D eigenvalue weighted by Gasteiger charge is 2.28. The molecule has 0 radical (unpaired) electrons. The van der Waals surface area contributed by atoms with Crippen molar-refractivity contribution in [2.24, 2.45) is 5.92 Å². The van der Waals surface area contributed by atoms with Crippen LogP contribution in [0, 0.1) is 5.92 Å². The SMILES string of the molecule is CCCCCCCCCCCCCCCCCC[n+]1ccn(C(C(CCC)CCCCCCCCCCCCCCC)n2ccnc2)c1. The fraction of sp³-hybridized carbons (Fsp3) is 0.864. The highest BCUT2D eigenvalue weighted by Crippen LogP contribution is 2.30. The van der Waals surface area contributed by atoms with Crippen molar-refractivity contribution < 1.29 is 4.57 Å². The molecule has 4 heteroatoms. The Bertz CT molecular complexity index is 903. The van der Waals surface area contributed by atoms with Gasteiger partial charge in [0.2, 0.25) is 6.33 Å². The average molecular weight is 668 g/mol. The normalized spacial score (nSPS) is 13.0. The molecule has 2 atom stereocenters. The lowest BCUT2D eigenvalue weighted by molar-refractivity contribution is -0.697. The lowest BCUT2D eigenvalue weighted by Crippen LogP contribution is -2.32. The van der Waals surface area contributed by atoms with Crippen LogP contribution < -0.4 is 4.57 Å². The maximum absolute atomic E-state index is 4.45. The predicted molar refractivity (Wildman–Crippen MR) is 210 cm³/mol. The van der Waals surface area contributed by atoms with Gasteiger partial charge < -0.3 is 0 Å². The summed E-state index contributed by atoms with van der Waals surface area (Å²) in [5, 5.41) is 0. The average Bonchev–Trinajstić information content (AvgIpc) is 3.80. The first-order valence-corrected chi connectivity index (χ1v) is 21.8. The van der Waals surface area contributed by atoms with E-state index in [4.69, 9.17) is 0 Å². The summed E-state index contributed by atoms with van der Waals surface area (Å²) in [5.41, 5.74) is 0. The van der Waals surface area contributed by atoms with Gasteiger partial charge in [0, 0.05) is 18.3 Å². The minimum absolute atomic E-state index is 0.330. The third-order valence-electron chi connectivity index (χ3n) is 10.9. The second-order valence-electron chi connectivity index (χ2n) is 15.4. The number of rotatable bonds is 36. The third kappa shape index (κ3) is 21.5. The van der Waals surface area contributed by atoms with Crippen LogP contribution in [0.4, 0.5) is 0 Å². The van der Waals surface area contributed by atoms with Gasteiger partial charge in [-0.2, -0.15) is 0 Å². The molecule has 2 rings (SSSR count). The highest BCUT2D eigenvalue weighted by atomic mass is 15.3. The van der Waals surface area contributed by atoms with Gasteiger partial charge in [0.25, 0.3) is 0 Å². The number of hydrogen-bond donors (Lipinski definition) is 0. The molecule has 0 fully saturated rings. The number of hydrogen-bond acceptors (Lipinski definition) is 1. The van der Waals surface area contributed by atoms with Crippen LogP contribution in [0.25, 0.3) is 0 Å². The third-order valence-corrected chi connectivity index (χ3v) is 10.9. The van der Waals surface area contributed by atoms with Crippen molar-refractivity contribution in [3.05, 3.63) is 37.4 Å². The first kappa shape index (κ1) is 42.6. The lowest BCUT2D eigenvalue weighted by atomic mass is 9.92. The molecule has 0 amide bonds. The van der Waals surface area contributed by atoms with Crippen LogP contribution in [-0.2, 0) is 6.54 Å². The van der Waals surface area contributed by atoms with E-state index in [2.05, 4.69) is 64.4 Å². The Morgan fingerprint density at radius 2 is 0.896 bits per heavy atom. The van der Waals surface area contributed by atoms with Gasteiger partial charge in [-0.1, -0.05) is 201 Å². The van der Waals surface area contributed by atoms with Crippen molar-refractivity contribution in [2.75, 3.05) is 0 Å². The number of imidazole rings is 2. The Balaban J connectivity index is 1.60. The van der Waals surface area contributed by atoms with Gasteiger partial charge in [0.1, 0.15) is 12.4 Å². The Morgan fingerprint density at radius 3 is 1.31 bits per heavy atom. The van der Waals surface area contributed by atoms with E-state index < -0.39 is 0 Å². The van der Waals surface area contributed by atoms with Crippen LogP contribution in [0.1, 0.15) is 232 Å². The van der Waals surface area contributed by atoms with Crippen molar-refractivity contribution in [1.29, 1.82) is 0 Å². The molecule has 0 aromatic carbocycles. The zero-order chi connectivity index (χ0) is 34.2. The second kappa shape index (κ2) is 31.4. The molecular weight excluding hydrogens is 585 g/mol. The number of aromatic nitrogens is 4. The molecule has 0 bridgehead atoms. The van der Waals surface area contributed by atoms with Crippen LogP contribution >= 0.6 is 0 Å². The summed E-state index contributed by atoms with van der Waals surface area (Å²) in [6.07, 6.45) is 58.7. The summed E-state index contributed by atoms with van der Waals surface area (Å²) in [6, 6.07) is 0. The maximum atomic E-state index is 4.45. The summed E-state index contributed by atoms with van der Waals surface area (Å²) in [6.45, 7) is 8.11. The first-order chi connectivity index (χ1) is 23.8. The van der Waals surface area contributed by atoms with Crippen molar-refractivity contribution in [1.82, 2.24) is 14.1 Å². The molecule has 48 heavy (non-hydrogen) atoms. The minimum atomic E-state index is 0.330. The van der Waals surface area contributed by atoms with Gasteiger partial charge in [-0.25, -0.2) is 14.1 Å². The Kier molecular flexibility index (Phi) is 27.9. The molecule has 0 aliphatic heterocycles. The molecule has 2 aromatic heterocycles. The van der Waals surface area contributed by atoms with Crippen LogP contribution in [0.3, 0.4) is 0 Å². The molecule has 0 saturated heterocycles.